The van der Waals surface area contributed by atoms with Crippen LogP contribution in [0.1, 0.15) is 59.1 Å². The Hall–Kier alpha value is -4.00. The van der Waals surface area contributed by atoms with Gasteiger partial charge in [-0.1, -0.05) is 85.1 Å². The third-order valence-corrected chi connectivity index (χ3v) is 7.07. The van der Waals surface area contributed by atoms with Crippen molar-refractivity contribution in [1.82, 2.24) is 0 Å². The van der Waals surface area contributed by atoms with Crippen LogP contribution in [0.15, 0.2) is 97.1 Å². The minimum atomic E-state index is 0.111. The first-order valence-corrected chi connectivity index (χ1v) is 11.8. The number of fused-ring (bicyclic) bond motifs is 5. The molecule has 4 aromatic rings. The zero-order chi connectivity index (χ0) is 22.1. The predicted molar refractivity (Wildman–Crippen MR) is 136 cm³/mol. The van der Waals surface area contributed by atoms with Crippen LogP contribution in [0.3, 0.4) is 0 Å². The molecule has 4 aromatic carbocycles. The summed E-state index contributed by atoms with van der Waals surface area (Å²) in [4.78, 5) is 0. The third-order valence-electron chi connectivity index (χ3n) is 7.07. The summed E-state index contributed by atoms with van der Waals surface area (Å²) in [7, 11) is 0. The maximum absolute atomic E-state index is 3.40. The van der Waals surface area contributed by atoms with Crippen molar-refractivity contribution in [3.8, 4) is 34.8 Å². The van der Waals surface area contributed by atoms with Gasteiger partial charge in [-0.25, -0.2) is 0 Å². The summed E-state index contributed by atoms with van der Waals surface area (Å²) < 4.78 is 0. The minimum absolute atomic E-state index is 0.111. The van der Waals surface area contributed by atoms with Gasteiger partial charge in [-0.3, -0.25) is 0 Å². The molecule has 0 bridgehead atoms. The lowest BCUT2D eigenvalue weighted by atomic mass is 9.76. The van der Waals surface area contributed by atoms with Crippen LogP contribution in [0.4, 0.5) is 0 Å². The van der Waals surface area contributed by atoms with Gasteiger partial charge >= 0.3 is 0 Å². The van der Waals surface area contributed by atoms with E-state index in [0.717, 1.165) is 22.3 Å². The Bertz CT molecular complexity index is 1340. The molecule has 0 radical (unpaired) electrons. The molecule has 0 aliphatic heterocycles. The van der Waals surface area contributed by atoms with Gasteiger partial charge in [-0.15, -0.1) is 0 Å². The van der Waals surface area contributed by atoms with E-state index in [4.69, 9.17) is 0 Å². The van der Waals surface area contributed by atoms with E-state index in [9.17, 15) is 0 Å². The SMILES string of the molecule is C(#Cc1ccc2c(c1)C1(CCCC1)c1cc(C#Cc3ccccc3)ccc1-2)c1ccccc1. The van der Waals surface area contributed by atoms with E-state index in [1.54, 1.807) is 0 Å². The van der Waals surface area contributed by atoms with Gasteiger partial charge in [0.25, 0.3) is 0 Å². The molecule has 0 aromatic heterocycles. The molecule has 2 aliphatic rings. The number of hydrogen-bond donors (Lipinski definition) is 0. The Morgan fingerprint density at radius 3 is 1.33 bits per heavy atom. The summed E-state index contributed by atoms with van der Waals surface area (Å²) in [6, 6.07) is 34.1. The van der Waals surface area contributed by atoms with Crippen molar-refractivity contribution in [2.75, 3.05) is 0 Å². The van der Waals surface area contributed by atoms with Crippen molar-refractivity contribution in [3.63, 3.8) is 0 Å². The normalized spacial score (nSPS) is 14.5. The van der Waals surface area contributed by atoms with Crippen LogP contribution in [0.25, 0.3) is 11.1 Å². The van der Waals surface area contributed by atoms with Crippen molar-refractivity contribution in [2.45, 2.75) is 31.1 Å². The van der Waals surface area contributed by atoms with E-state index in [1.807, 2.05) is 36.4 Å². The van der Waals surface area contributed by atoms with E-state index in [0.29, 0.717) is 0 Å². The fourth-order valence-corrected chi connectivity index (χ4v) is 5.50. The smallest absolute Gasteiger partial charge is 0.0252 e. The summed E-state index contributed by atoms with van der Waals surface area (Å²) >= 11 is 0. The zero-order valence-electron chi connectivity index (χ0n) is 18.6. The largest absolute Gasteiger partial charge is 0.0622 e. The van der Waals surface area contributed by atoms with Gasteiger partial charge in [-0.2, -0.15) is 0 Å². The highest BCUT2D eigenvalue weighted by atomic mass is 14.5. The summed E-state index contributed by atoms with van der Waals surface area (Å²) in [5.74, 6) is 13.5. The van der Waals surface area contributed by atoms with Crippen LogP contribution in [0, 0.1) is 23.7 Å². The zero-order valence-corrected chi connectivity index (χ0v) is 18.6. The minimum Gasteiger partial charge on any atom is -0.0622 e. The van der Waals surface area contributed by atoms with Crippen molar-refractivity contribution in [1.29, 1.82) is 0 Å². The molecule has 1 fully saturated rings. The van der Waals surface area contributed by atoms with Gasteiger partial charge in [0, 0.05) is 27.7 Å². The molecule has 1 saturated carbocycles. The molecule has 6 rings (SSSR count). The molecule has 0 saturated heterocycles. The molecule has 1 spiro atoms. The fourth-order valence-electron chi connectivity index (χ4n) is 5.50. The van der Waals surface area contributed by atoms with Crippen LogP contribution in [-0.2, 0) is 5.41 Å². The summed E-state index contributed by atoms with van der Waals surface area (Å²) in [5, 5.41) is 0. The van der Waals surface area contributed by atoms with Gasteiger partial charge in [0.05, 0.1) is 0 Å². The van der Waals surface area contributed by atoms with Gasteiger partial charge in [-0.05, 0) is 83.6 Å². The lowest BCUT2D eigenvalue weighted by molar-refractivity contribution is 0.549. The highest BCUT2D eigenvalue weighted by Gasteiger charge is 2.45. The number of rotatable bonds is 0. The molecular weight excluding hydrogens is 396 g/mol. The molecule has 0 heteroatoms. The van der Waals surface area contributed by atoms with Gasteiger partial charge in [0.1, 0.15) is 0 Å². The van der Waals surface area contributed by atoms with Crippen LogP contribution in [-0.4, -0.2) is 0 Å². The van der Waals surface area contributed by atoms with Crippen molar-refractivity contribution in [2.24, 2.45) is 0 Å². The highest BCUT2D eigenvalue weighted by molar-refractivity contribution is 5.82. The monoisotopic (exact) mass is 420 g/mol. The second-order valence-electron chi connectivity index (χ2n) is 9.04. The second-order valence-corrected chi connectivity index (χ2v) is 9.04. The molecule has 2 aliphatic carbocycles. The third kappa shape index (κ3) is 3.55. The molecule has 0 amide bonds. The molecule has 0 nitrogen and oxygen atoms in total. The first kappa shape index (κ1) is 19.7. The predicted octanol–water partition coefficient (Wildman–Crippen LogP) is 7.33. The average molecular weight is 421 g/mol. The van der Waals surface area contributed by atoms with E-state index < -0.39 is 0 Å². The second kappa shape index (κ2) is 8.16. The Morgan fingerprint density at radius 2 is 0.879 bits per heavy atom. The Morgan fingerprint density at radius 1 is 0.455 bits per heavy atom. The lowest BCUT2D eigenvalue weighted by Gasteiger charge is -2.26. The molecule has 0 heterocycles. The van der Waals surface area contributed by atoms with Gasteiger partial charge in [0.15, 0.2) is 0 Å². The van der Waals surface area contributed by atoms with E-state index in [1.165, 1.54) is 47.9 Å². The molecule has 33 heavy (non-hydrogen) atoms. The van der Waals surface area contributed by atoms with Crippen molar-refractivity contribution in [3.05, 3.63) is 130 Å². The van der Waals surface area contributed by atoms with Gasteiger partial charge < -0.3 is 0 Å². The summed E-state index contributed by atoms with van der Waals surface area (Å²) in [6.45, 7) is 0. The first-order valence-electron chi connectivity index (χ1n) is 11.8. The Balaban J connectivity index is 1.41. The summed E-state index contributed by atoms with van der Waals surface area (Å²) in [6.07, 6.45) is 4.97. The van der Waals surface area contributed by atoms with Crippen molar-refractivity contribution < 1.29 is 0 Å². The maximum Gasteiger partial charge on any atom is 0.0252 e. The quantitative estimate of drug-likeness (QED) is 0.261. The fraction of sp³-hybridized carbons (Fsp3) is 0.152. The highest BCUT2D eigenvalue weighted by Crippen LogP contribution is 2.57. The van der Waals surface area contributed by atoms with Crippen LogP contribution < -0.4 is 0 Å². The standard InChI is InChI=1S/C33H24/c1-3-9-25(10-4-1)13-15-27-17-19-29-30-20-18-28(16-14-26-11-5-2-6-12-26)24-32(30)33(31(29)23-27)21-7-8-22-33/h1-6,9-12,17-20,23-24H,7-8,21-22H2. The van der Waals surface area contributed by atoms with E-state index >= 15 is 0 Å². The molecular formula is C33H24. The van der Waals surface area contributed by atoms with Crippen LogP contribution in [0.5, 0.6) is 0 Å². The lowest BCUT2D eigenvalue weighted by Crippen LogP contribution is -2.20. The average Bonchev–Trinajstić information content (AvgIpc) is 3.47. The number of benzene rings is 4. The van der Waals surface area contributed by atoms with E-state index in [2.05, 4.69) is 84.3 Å². The van der Waals surface area contributed by atoms with Crippen LogP contribution >= 0.6 is 0 Å². The Labute approximate surface area is 196 Å². The number of hydrogen-bond acceptors (Lipinski definition) is 0. The van der Waals surface area contributed by atoms with Crippen LogP contribution in [0.2, 0.25) is 0 Å². The maximum atomic E-state index is 3.40. The molecule has 156 valence electrons. The van der Waals surface area contributed by atoms with Crippen molar-refractivity contribution >= 4 is 0 Å². The molecule has 0 atom stereocenters. The van der Waals surface area contributed by atoms with E-state index in [-0.39, 0.29) is 5.41 Å². The molecule has 0 N–H and O–H groups in total. The van der Waals surface area contributed by atoms with Gasteiger partial charge in [0.2, 0.25) is 0 Å². The topological polar surface area (TPSA) is 0 Å². The Kier molecular flexibility index (Phi) is 4.87. The first-order chi connectivity index (χ1) is 16.3. The summed E-state index contributed by atoms with van der Waals surface area (Å²) in [5.41, 5.74) is 10.1. The molecule has 0 unspecified atom stereocenters.